The lowest BCUT2D eigenvalue weighted by atomic mass is 10.1. The Morgan fingerprint density at radius 3 is 2.20 bits per heavy atom. The first-order valence-corrected chi connectivity index (χ1v) is 7.32. The number of aliphatic hydroxyl groups is 2. The molecule has 1 heterocycles. The molecule has 0 unspecified atom stereocenters. The first-order chi connectivity index (χ1) is 9.66. The summed E-state index contributed by atoms with van der Waals surface area (Å²) < 4.78 is 0. The highest BCUT2D eigenvalue weighted by molar-refractivity contribution is 5.46. The minimum atomic E-state index is -0.617. The monoisotopic (exact) mass is 277 g/mol. The maximum Gasteiger partial charge on any atom is 0.0872 e. The number of hydrogen-bond acceptors (Lipinski definition) is 5. The van der Waals surface area contributed by atoms with Gasteiger partial charge in [0, 0.05) is 37.9 Å². The van der Waals surface area contributed by atoms with Gasteiger partial charge in [0.25, 0.3) is 0 Å². The first-order valence-electron chi connectivity index (χ1n) is 7.32. The summed E-state index contributed by atoms with van der Waals surface area (Å²) >= 11 is 0. The lowest BCUT2D eigenvalue weighted by Crippen LogP contribution is -2.56. The van der Waals surface area contributed by atoms with Crippen LogP contribution in [0.25, 0.3) is 0 Å². The second-order valence-electron chi connectivity index (χ2n) is 5.81. The molecule has 1 aliphatic heterocycles. The number of benzene rings is 1. The Bertz CT molecular complexity index is 434. The highest BCUT2D eigenvalue weighted by Gasteiger charge is 2.43. The smallest absolute Gasteiger partial charge is 0.0872 e. The predicted molar refractivity (Wildman–Crippen MR) is 78.6 cm³/mol. The van der Waals surface area contributed by atoms with Crippen molar-refractivity contribution in [3.63, 3.8) is 0 Å². The van der Waals surface area contributed by atoms with Crippen molar-refractivity contribution in [2.75, 3.05) is 31.1 Å². The van der Waals surface area contributed by atoms with E-state index in [1.165, 1.54) is 5.69 Å². The fourth-order valence-electron chi connectivity index (χ4n) is 3.41. The molecule has 1 saturated heterocycles. The maximum atomic E-state index is 10.1. The molecule has 0 bridgehead atoms. The van der Waals surface area contributed by atoms with Gasteiger partial charge in [-0.25, -0.2) is 0 Å². The van der Waals surface area contributed by atoms with Crippen LogP contribution in [-0.2, 0) is 0 Å². The van der Waals surface area contributed by atoms with Crippen LogP contribution < -0.4 is 10.6 Å². The average Bonchev–Trinajstić information content (AvgIpc) is 2.73. The molecule has 1 aliphatic carbocycles. The van der Waals surface area contributed by atoms with E-state index in [9.17, 15) is 10.2 Å². The quantitative estimate of drug-likeness (QED) is 0.688. The highest BCUT2D eigenvalue weighted by Crippen LogP contribution is 2.26. The summed E-state index contributed by atoms with van der Waals surface area (Å²) in [6.45, 7) is 3.52. The van der Waals surface area contributed by atoms with Gasteiger partial charge in [0.1, 0.15) is 0 Å². The summed E-state index contributed by atoms with van der Waals surface area (Å²) in [5.41, 5.74) is 7.07. The minimum Gasteiger partial charge on any atom is -0.391 e. The zero-order valence-corrected chi connectivity index (χ0v) is 11.6. The summed E-state index contributed by atoms with van der Waals surface area (Å²) in [4.78, 5) is 4.52. The van der Waals surface area contributed by atoms with Crippen LogP contribution in [0.3, 0.4) is 0 Å². The van der Waals surface area contributed by atoms with E-state index >= 15 is 0 Å². The van der Waals surface area contributed by atoms with Crippen LogP contribution in [0, 0.1) is 0 Å². The molecule has 0 aromatic heterocycles. The molecular weight excluding hydrogens is 254 g/mol. The SMILES string of the molecule is N[C@@H]1C[C@H](O)[C@@H](N2CCN(c3ccccc3)CC2)[C@@H]1O. The number of para-hydroxylation sites is 1. The summed E-state index contributed by atoms with van der Waals surface area (Å²) in [6.07, 6.45) is -0.637. The third-order valence-electron chi connectivity index (χ3n) is 4.55. The molecule has 1 saturated carbocycles. The molecule has 5 heteroatoms. The Labute approximate surface area is 119 Å². The number of anilines is 1. The maximum absolute atomic E-state index is 10.1. The van der Waals surface area contributed by atoms with Gasteiger partial charge in [0.15, 0.2) is 0 Å². The number of rotatable bonds is 2. The van der Waals surface area contributed by atoms with Crippen LogP contribution in [-0.4, -0.2) is 65.6 Å². The van der Waals surface area contributed by atoms with Crippen LogP contribution >= 0.6 is 0 Å². The van der Waals surface area contributed by atoms with Crippen molar-refractivity contribution in [1.82, 2.24) is 4.90 Å². The Hall–Kier alpha value is -1.14. The van der Waals surface area contributed by atoms with E-state index in [2.05, 4.69) is 21.9 Å². The standard InChI is InChI=1S/C15H23N3O2/c16-12-10-13(19)14(15(12)20)18-8-6-17(7-9-18)11-4-2-1-3-5-11/h1-5,12-15,19-20H,6-10,16H2/t12-,13+,14-,15-/m1/s1. The van der Waals surface area contributed by atoms with Crippen molar-refractivity contribution >= 4 is 5.69 Å². The predicted octanol–water partition coefficient (Wildman–Crippen LogP) is -0.370. The molecule has 0 spiro atoms. The summed E-state index contributed by atoms with van der Waals surface area (Å²) in [6, 6.07) is 9.84. The van der Waals surface area contributed by atoms with Crippen LogP contribution in [0.1, 0.15) is 6.42 Å². The van der Waals surface area contributed by atoms with E-state index in [-0.39, 0.29) is 12.1 Å². The lowest BCUT2D eigenvalue weighted by molar-refractivity contribution is 0.00738. The molecule has 2 fully saturated rings. The van der Waals surface area contributed by atoms with E-state index < -0.39 is 12.2 Å². The molecular formula is C15H23N3O2. The van der Waals surface area contributed by atoms with E-state index in [1.807, 2.05) is 18.2 Å². The average molecular weight is 277 g/mol. The molecule has 20 heavy (non-hydrogen) atoms. The molecule has 4 N–H and O–H groups in total. The number of aliphatic hydroxyl groups excluding tert-OH is 2. The third-order valence-corrected chi connectivity index (χ3v) is 4.55. The second-order valence-corrected chi connectivity index (χ2v) is 5.81. The number of nitrogens with zero attached hydrogens (tertiary/aromatic N) is 2. The van der Waals surface area contributed by atoms with Crippen molar-refractivity contribution in [2.45, 2.75) is 30.7 Å². The molecule has 3 rings (SSSR count). The van der Waals surface area contributed by atoms with E-state index in [1.54, 1.807) is 0 Å². The van der Waals surface area contributed by atoms with Crippen molar-refractivity contribution < 1.29 is 10.2 Å². The number of nitrogens with two attached hydrogens (primary N) is 1. The molecule has 4 atom stereocenters. The Morgan fingerprint density at radius 1 is 1.00 bits per heavy atom. The van der Waals surface area contributed by atoms with Gasteiger partial charge in [-0.3, -0.25) is 4.90 Å². The lowest BCUT2D eigenvalue weighted by Gasteiger charge is -2.41. The van der Waals surface area contributed by atoms with Crippen LogP contribution in [0.5, 0.6) is 0 Å². The van der Waals surface area contributed by atoms with Crippen molar-refractivity contribution in [3.05, 3.63) is 30.3 Å². The van der Waals surface area contributed by atoms with Gasteiger partial charge in [0.05, 0.1) is 18.2 Å². The molecule has 1 aromatic carbocycles. The Morgan fingerprint density at radius 2 is 1.65 bits per heavy atom. The highest BCUT2D eigenvalue weighted by atomic mass is 16.3. The second kappa shape index (κ2) is 5.69. The summed E-state index contributed by atoms with van der Waals surface area (Å²) in [7, 11) is 0. The van der Waals surface area contributed by atoms with Gasteiger partial charge >= 0.3 is 0 Å². The molecule has 5 nitrogen and oxygen atoms in total. The van der Waals surface area contributed by atoms with E-state index in [0.29, 0.717) is 6.42 Å². The largest absolute Gasteiger partial charge is 0.391 e. The fourth-order valence-corrected chi connectivity index (χ4v) is 3.41. The molecule has 110 valence electrons. The minimum absolute atomic E-state index is 0.206. The zero-order chi connectivity index (χ0) is 14.1. The Balaban J connectivity index is 1.62. The van der Waals surface area contributed by atoms with Gasteiger partial charge in [-0.05, 0) is 18.6 Å². The van der Waals surface area contributed by atoms with Gasteiger partial charge in [0.2, 0.25) is 0 Å². The molecule has 0 radical (unpaired) electrons. The van der Waals surface area contributed by atoms with Gasteiger partial charge in [-0.2, -0.15) is 0 Å². The third kappa shape index (κ3) is 2.54. The van der Waals surface area contributed by atoms with Gasteiger partial charge in [-0.1, -0.05) is 18.2 Å². The fraction of sp³-hybridized carbons (Fsp3) is 0.600. The van der Waals surface area contributed by atoms with Crippen molar-refractivity contribution in [1.29, 1.82) is 0 Å². The zero-order valence-electron chi connectivity index (χ0n) is 11.6. The molecule has 0 amide bonds. The topological polar surface area (TPSA) is 73.0 Å². The molecule has 2 aliphatic rings. The number of piperazine rings is 1. The summed E-state index contributed by atoms with van der Waals surface area (Å²) in [5, 5.41) is 20.2. The first kappa shape index (κ1) is 13.8. The van der Waals surface area contributed by atoms with E-state index in [0.717, 1.165) is 26.2 Å². The summed E-state index contributed by atoms with van der Waals surface area (Å²) in [5.74, 6) is 0. The van der Waals surface area contributed by atoms with Crippen molar-refractivity contribution in [2.24, 2.45) is 5.73 Å². The van der Waals surface area contributed by atoms with Crippen LogP contribution in [0.15, 0.2) is 30.3 Å². The molecule has 1 aromatic rings. The number of hydrogen-bond donors (Lipinski definition) is 3. The van der Waals surface area contributed by atoms with Gasteiger partial charge in [-0.15, -0.1) is 0 Å². The van der Waals surface area contributed by atoms with E-state index in [4.69, 9.17) is 5.73 Å². The van der Waals surface area contributed by atoms with Crippen LogP contribution in [0.4, 0.5) is 5.69 Å². The normalized spacial score (nSPS) is 35.5. The van der Waals surface area contributed by atoms with Crippen LogP contribution in [0.2, 0.25) is 0 Å². The Kier molecular flexibility index (Phi) is 3.94. The van der Waals surface area contributed by atoms with Gasteiger partial charge < -0.3 is 20.8 Å². The van der Waals surface area contributed by atoms with Crippen molar-refractivity contribution in [3.8, 4) is 0 Å².